The fraction of sp³-hybridized carbons (Fsp3) is 0.364. The van der Waals surface area contributed by atoms with E-state index in [4.69, 9.17) is 0 Å². The summed E-state index contributed by atoms with van der Waals surface area (Å²) < 4.78 is 2.86. The highest BCUT2D eigenvalue weighted by atomic mass is 16.2. The lowest BCUT2D eigenvalue weighted by Gasteiger charge is -2.01. The highest BCUT2D eigenvalue weighted by molar-refractivity contribution is 6.20. The lowest BCUT2D eigenvalue weighted by molar-refractivity contribution is 0.547. The van der Waals surface area contributed by atoms with E-state index < -0.39 is 0 Å². The van der Waals surface area contributed by atoms with E-state index in [9.17, 15) is 19.2 Å². The van der Waals surface area contributed by atoms with Crippen LogP contribution in [0.5, 0.6) is 0 Å². The molecule has 0 saturated carbocycles. The average molecular weight is 665 g/mol. The first kappa shape index (κ1) is 32.4. The van der Waals surface area contributed by atoms with Gasteiger partial charge in [-0.25, -0.2) is 0 Å². The van der Waals surface area contributed by atoms with Crippen molar-refractivity contribution in [1.82, 2.24) is 9.13 Å². The van der Waals surface area contributed by atoms with Crippen LogP contribution in [0, 0.1) is 0 Å². The maximum Gasteiger partial charge on any atom is 0.261 e. The molecule has 0 saturated heterocycles. The fourth-order valence-corrected chi connectivity index (χ4v) is 8.33. The zero-order valence-electron chi connectivity index (χ0n) is 29.2. The summed E-state index contributed by atoms with van der Waals surface area (Å²) in [7, 11) is 0. The zero-order valence-corrected chi connectivity index (χ0v) is 29.2. The van der Waals surface area contributed by atoms with E-state index >= 15 is 0 Å². The summed E-state index contributed by atoms with van der Waals surface area (Å²) in [6.45, 7) is 5.34. The van der Waals surface area contributed by atoms with E-state index in [1.807, 2.05) is 24.3 Å². The maximum atomic E-state index is 13.4. The molecule has 6 nitrogen and oxygen atoms in total. The van der Waals surface area contributed by atoms with Gasteiger partial charge >= 0.3 is 0 Å². The molecule has 2 aliphatic rings. The Bertz CT molecular complexity index is 2530. The van der Waals surface area contributed by atoms with Gasteiger partial charge in [-0.2, -0.15) is 0 Å². The van der Waals surface area contributed by atoms with Gasteiger partial charge in [0.1, 0.15) is 0 Å². The van der Waals surface area contributed by atoms with Crippen LogP contribution in [0.4, 0.5) is 0 Å². The van der Waals surface area contributed by atoms with Gasteiger partial charge in [0, 0.05) is 13.1 Å². The van der Waals surface area contributed by atoms with Crippen LogP contribution in [0.3, 0.4) is 0 Å². The topological polar surface area (TPSA) is 78.1 Å². The minimum absolute atomic E-state index is 0.183. The molecule has 0 N–H and O–H groups in total. The first-order valence-corrected chi connectivity index (χ1v) is 18.8. The Kier molecular flexibility index (Phi) is 8.50. The molecule has 0 bridgehead atoms. The molecule has 0 radical (unpaired) electrons. The minimum Gasteiger partial charge on any atom is -0.274 e. The molecule has 4 aromatic carbocycles. The third-order valence-corrected chi connectivity index (χ3v) is 11.1. The molecule has 0 amide bonds. The van der Waals surface area contributed by atoms with E-state index in [0.29, 0.717) is 34.6 Å². The van der Waals surface area contributed by atoms with Crippen LogP contribution in [-0.4, -0.2) is 9.13 Å². The summed E-state index contributed by atoms with van der Waals surface area (Å²) >= 11 is 0. The summed E-state index contributed by atoms with van der Waals surface area (Å²) in [6.07, 6.45) is 13.3. The van der Waals surface area contributed by atoms with E-state index in [1.54, 1.807) is 0 Å². The van der Waals surface area contributed by atoms with Crippen molar-refractivity contribution < 1.29 is 0 Å². The smallest absolute Gasteiger partial charge is 0.261 e. The van der Waals surface area contributed by atoms with Crippen molar-refractivity contribution in [3.05, 3.63) is 102 Å². The molecular weight excluding hydrogens is 620 g/mol. The second-order valence-corrected chi connectivity index (χ2v) is 14.5. The third-order valence-electron chi connectivity index (χ3n) is 11.1. The monoisotopic (exact) mass is 664 g/mol. The Labute approximate surface area is 290 Å². The number of unbranched alkanes of at least 4 members (excludes halogenated alkanes) is 10. The van der Waals surface area contributed by atoms with Gasteiger partial charge in [-0.3, -0.25) is 28.3 Å². The van der Waals surface area contributed by atoms with Gasteiger partial charge < -0.3 is 0 Å². The molecule has 6 heteroatoms. The van der Waals surface area contributed by atoms with Crippen LogP contribution in [-0.2, 0) is 13.1 Å². The Hall–Kier alpha value is -4.84. The second-order valence-electron chi connectivity index (χ2n) is 14.5. The quantitative estimate of drug-likeness (QED) is 0.108. The van der Waals surface area contributed by atoms with E-state index in [0.717, 1.165) is 92.7 Å². The van der Waals surface area contributed by atoms with Gasteiger partial charge in [0.05, 0.1) is 21.5 Å². The number of fused-ring (bicyclic) bond motifs is 9. The number of benzene rings is 4. The molecule has 0 aliphatic heterocycles. The maximum absolute atomic E-state index is 13.4. The van der Waals surface area contributed by atoms with Crippen molar-refractivity contribution in [1.29, 1.82) is 0 Å². The van der Waals surface area contributed by atoms with Crippen LogP contribution in [0.1, 0.15) is 90.9 Å². The number of rotatable bonds is 14. The predicted octanol–water partition coefficient (Wildman–Crippen LogP) is 9.79. The van der Waals surface area contributed by atoms with Gasteiger partial charge in [-0.1, -0.05) is 78.1 Å². The van der Waals surface area contributed by atoms with Crippen LogP contribution < -0.4 is 22.2 Å². The number of nitrogens with zero attached hydrogens (tertiary/aromatic N) is 2. The van der Waals surface area contributed by atoms with E-state index in [1.165, 1.54) is 47.7 Å². The SMILES string of the molecule is CCCCCCCCn1c(=O)c2cc3cc4cc5c6cc7cc8c(=O)n(CCCCCCCC)c(=O)c8cc7cc6cc-5c4cc3cc2c1=O. The zero-order chi connectivity index (χ0) is 34.5. The molecule has 6 aromatic rings. The normalized spacial score (nSPS) is 12.4. The number of hydrogen-bond donors (Lipinski definition) is 0. The standard InChI is InChI=1S/C44H44N2O4/c1-3-5-7-9-11-13-15-45-41(47)37-21-27-17-31-25-36-34-20-30-24-40-38(42(48)46(44(40)50)16-14-12-10-8-6-4-2)22-28(30)18-32(34)26-35(36)33(31)19-29(27)23-39(37)43(45)49/h17-26H,3-16H2,1-2H3. The van der Waals surface area contributed by atoms with Gasteiger partial charge in [-0.15, -0.1) is 0 Å². The van der Waals surface area contributed by atoms with Crippen molar-refractivity contribution in [3.63, 3.8) is 0 Å². The van der Waals surface area contributed by atoms with Gasteiger partial charge in [0.15, 0.2) is 0 Å². The van der Waals surface area contributed by atoms with Crippen molar-refractivity contribution >= 4 is 64.6 Å². The molecule has 0 atom stereocenters. The van der Waals surface area contributed by atoms with E-state index in [2.05, 4.69) is 50.2 Å². The fourth-order valence-electron chi connectivity index (χ4n) is 8.33. The van der Waals surface area contributed by atoms with Gasteiger partial charge in [0.25, 0.3) is 22.2 Å². The highest BCUT2D eigenvalue weighted by Crippen LogP contribution is 2.44. The summed E-state index contributed by atoms with van der Waals surface area (Å²) in [5.74, 6) is 0. The Balaban J connectivity index is 1.14. The minimum atomic E-state index is -0.187. The average Bonchev–Trinajstić information content (AvgIpc) is 3.78. The van der Waals surface area contributed by atoms with E-state index in [-0.39, 0.29) is 22.2 Å². The molecule has 2 aliphatic carbocycles. The Morgan fingerprint density at radius 3 is 1.00 bits per heavy atom. The molecule has 0 fully saturated rings. The van der Waals surface area contributed by atoms with Crippen molar-refractivity contribution in [2.75, 3.05) is 0 Å². The lowest BCUT2D eigenvalue weighted by atomic mass is 10.0. The van der Waals surface area contributed by atoms with Gasteiger partial charge in [0.2, 0.25) is 0 Å². The molecule has 8 rings (SSSR count). The van der Waals surface area contributed by atoms with Crippen molar-refractivity contribution in [3.8, 4) is 11.1 Å². The first-order chi connectivity index (χ1) is 24.4. The van der Waals surface area contributed by atoms with Crippen molar-refractivity contribution in [2.24, 2.45) is 0 Å². The molecule has 50 heavy (non-hydrogen) atoms. The van der Waals surface area contributed by atoms with Crippen LogP contribution in [0.15, 0.2) is 79.8 Å². The van der Waals surface area contributed by atoms with Crippen LogP contribution >= 0.6 is 0 Å². The second kappa shape index (κ2) is 13.1. The Morgan fingerprint density at radius 2 is 0.640 bits per heavy atom. The summed E-state index contributed by atoms with van der Waals surface area (Å²) in [5.41, 5.74) is 1.52. The molecular formula is C44H44N2O4. The third kappa shape index (κ3) is 5.40. The molecule has 0 unspecified atom stereocenters. The highest BCUT2D eigenvalue weighted by Gasteiger charge is 2.20. The lowest BCUT2D eigenvalue weighted by Crippen LogP contribution is -2.25. The van der Waals surface area contributed by atoms with Crippen LogP contribution in [0.2, 0.25) is 0 Å². The first-order valence-electron chi connectivity index (χ1n) is 18.8. The predicted molar refractivity (Wildman–Crippen MR) is 209 cm³/mol. The molecule has 2 heterocycles. The Morgan fingerprint density at radius 1 is 0.340 bits per heavy atom. The van der Waals surface area contributed by atoms with Gasteiger partial charge in [-0.05, 0) is 128 Å². The summed E-state index contributed by atoms with van der Waals surface area (Å²) in [5, 5.41) is 10.2. The van der Waals surface area contributed by atoms with Crippen LogP contribution in [0.25, 0.3) is 75.8 Å². The molecule has 0 spiro atoms. The summed E-state index contributed by atoms with van der Waals surface area (Å²) in [4.78, 5) is 53.3. The molecule has 2 aromatic heterocycles. The number of aromatic nitrogens is 2. The largest absolute Gasteiger partial charge is 0.274 e. The van der Waals surface area contributed by atoms with Crippen molar-refractivity contribution in [2.45, 2.75) is 104 Å². The molecule has 254 valence electrons. The number of hydrogen-bond acceptors (Lipinski definition) is 4. The summed E-state index contributed by atoms with van der Waals surface area (Å²) in [6, 6.07) is 20.5.